The summed E-state index contributed by atoms with van der Waals surface area (Å²) in [6.45, 7) is 6.56. The van der Waals surface area contributed by atoms with Gasteiger partial charge in [-0.15, -0.1) is 10.2 Å². The van der Waals surface area contributed by atoms with Crippen LogP contribution in [0.4, 0.5) is 0 Å². The SMILES string of the molecule is CCCCCCCC(C)n1nnc(CCC)n1. The molecule has 1 aromatic heterocycles. The molecule has 0 N–H and O–H groups in total. The molecule has 0 spiro atoms. The Morgan fingerprint density at radius 2 is 1.82 bits per heavy atom. The molecule has 0 aromatic carbocycles. The van der Waals surface area contributed by atoms with Crippen molar-refractivity contribution in [3.8, 4) is 0 Å². The second-order valence-electron chi connectivity index (χ2n) is 4.83. The predicted octanol–water partition coefficient (Wildman–Crippen LogP) is 3.55. The van der Waals surface area contributed by atoms with Gasteiger partial charge in [-0.3, -0.25) is 0 Å². The predicted molar refractivity (Wildman–Crippen MR) is 69.9 cm³/mol. The minimum absolute atomic E-state index is 0.384. The lowest BCUT2D eigenvalue weighted by atomic mass is 10.1. The molecule has 0 saturated heterocycles. The van der Waals surface area contributed by atoms with Crippen LogP contribution >= 0.6 is 0 Å². The second kappa shape index (κ2) is 8.20. The average molecular weight is 238 g/mol. The summed E-state index contributed by atoms with van der Waals surface area (Å²) >= 11 is 0. The molecule has 0 aliphatic rings. The Kier molecular flexibility index (Phi) is 6.82. The first-order chi connectivity index (χ1) is 8.27. The fourth-order valence-electron chi connectivity index (χ4n) is 1.92. The minimum Gasteiger partial charge on any atom is -0.161 e. The van der Waals surface area contributed by atoms with Crippen LogP contribution in [0.5, 0.6) is 0 Å². The zero-order valence-electron chi connectivity index (χ0n) is 11.5. The zero-order valence-corrected chi connectivity index (χ0v) is 11.5. The first-order valence-electron chi connectivity index (χ1n) is 7.06. The number of tetrazole rings is 1. The summed E-state index contributed by atoms with van der Waals surface area (Å²) in [6, 6.07) is 0.384. The zero-order chi connectivity index (χ0) is 12.5. The molecule has 0 fully saturated rings. The standard InChI is InChI=1S/C13H26N4/c1-4-6-7-8-9-11-12(3)17-15-13(10-5-2)14-16-17/h12H,4-11H2,1-3H3. The van der Waals surface area contributed by atoms with Crippen LogP contribution in [0.1, 0.15) is 77.6 Å². The Morgan fingerprint density at radius 3 is 2.53 bits per heavy atom. The van der Waals surface area contributed by atoms with Crippen LogP contribution in [0.3, 0.4) is 0 Å². The molecule has 1 aromatic rings. The average Bonchev–Trinajstić information content (AvgIpc) is 2.78. The third-order valence-corrected chi connectivity index (χ3v) is 3.06. The van der Waals surface area contributed by atoms with E-state index in [-0.39, 0.29) is 0 Å². The van der Waals surface area contributed by atoms with Crippen molar-refractivity contribution in [3.05, 3.63) is 5.82 Å². The number of aromatic nitrogens is 4. The third-order valence-electron chi connectivity index (χ3n) is 3.06. The molecule has 0 radical (unpaired) electrons. The van der Waals surface area contributed by atoms with E-state index < -0.39 is 0 Å². The molecule has 98 valence electrons. The molecule has 1 unspecified atom stereocenters. The normalized spacial score (nSPS) is 12.9. The smallest absolute Gasteiger partial charge is 0.161 e. The summed E-state index contributed by atoms with van der Waals surface area (Å²) in [7, 11) is 0. The Morgan fingerprint density at radius 1 is 1.06 bits per heavy atom. The molecule has 4 heteroatoms. The van der Waals surface area contributed by atoms with E-state index in [4.69, 9.17) is 0 Å². The molecular weight excluding hydrogens is 212 g/mol. The van der Waals surface area contributed by atoms with E-state index in [1.165, 1.54) is 32.1 Å². The molecule has 4 nitrogen and oxygen atoms in total. The van der Waals surface area contributed by atoms with Crippen molar-refractivity contribution in [2.24, 2.45) is 0 Å². The molecule has 17 heavy (non-hydrogen) atoms. The maximum absolute atomic E-state index is 4.41. The summed E-state index contributed by atoms with van der Waals surface area (Å²) in [4.78, 5) is 1.78. The largest absolute Gasteiger partial charge is 0.174 e. The topological polar surface area (TPSA) is 43.6 Å². The van der Waals surface area contributed by atoms with Gasteiger partial charge in [-0.05, 0) is 25.0 Å². The number of hydrogen-bond donors (Lipinski definition) is 0. The van der Waals surface area contributed by atoms with Crippen LogP contribution in [-0.4, -0.2) is 20.2 Å². The van der Waals surface area contributed by atoms with Crippen molar-refractivity contribution in [1.29, 1.82) is 0 Å². The van der Waals surface area contributed by atoms with E-state index in [0.29, 0.717) is 6.04 Å². The summed E-state index contributed by atoms with van der Waals surface area (Å²) in [5, 5.41) is 12.6. The monoisotopic (exact) mass is 238 g/mol. The summed E-state index contributed by atoms with van der Waals surface area (Å²) in [6.07, 6.45) is 9.79. The van der Waals surface area contributed by atoms with Crippen molar-refractivity contribution in [2.75, 3.05) is 0 Å². The van der Waals surface area contributed by atoms with E-state index in [1.807, 2.05) is 0 Å². The minimum atomic E-state index is 0.384. The van der Waals surface area contributed by atoms with Gasteiger partial charge in [0.1, 0.15) is 0 Å². The molecular formula is C13H26N4. The van der Waals surface area contributed by atoms with Gasteiger partial charge in [0.2, 0.25) is 0 Å². The summed E-state index contributed by atoms with van der Waals surface area (Å²) in [5.74, 6) is 0.880. The highest BCUT2D eigenvalue weighted by atomic mass is 15.6. The Bertz CT molecular complexity index is 295. The van der Waals surface area contributed by atoms with Crippen LogP contribution in [-0.2, 0) is 6.42 Å². The number of rotatable bonds is 9. The third kappa shape index (κ3) is 5.29. The maximum atomic E-state index is 4.41. The van der Waals surface area contributed by atoms with Crippen LogP contribution in [0.15, 0.2) is 0 Å². The fourth-order valence-corrected chi connectivity index (χ4v) is 1.92. The van der Waals surface area contributed by atoms with Gasteiger partial charge in [0.05, 0.1) is 6.04 Å². The molecule has 0 aliphatic heterocycles. The van der Waals surface area contributed by atoms with Gasteiger partial charge in [-0.25, -0.2) is 0 Å². The van der Waals surface area contributed by atoms with Crippen molar-refractivity contribution in [2.45, 2.75) is 78.2 Å². The molecule has 0 saturated carbocycles. The number of aryl methyl sites for hydroxylation is 1. The van der Waals surface area contributed by atoms with E-state index >= 15 is 0 Å². The summed E-state index contributed by atoms with van der Waals surface area (Å²) in [5.41, 5.74) is 0. The second-order valence-corrected chi connectivity index (χ2v) is 4.83. The number of nitrogens with zero attached hydrogens (tertiary/aromatic N) is 4. The first kappa shape index (κ1) is 14.1. The molecule has 1 rings (SSSR count). The van der Waals surface area contributed by atoms with E-state index in [1.54, 1.807) is 4.80 Å². The highest BCUT2D eigenvalue weighted by Gasteiger charge is 2.08. The maximum Gasteiger partial charge on any atom is 0.174 e. The van der Waals surface area contributed by atoms with Crippen LogP contribution < -0.4 is 0 Å². The number of unbranched alkanes of at least 4 members (excludes halogenated alkanes) is 4. The van der Waals surface area contributed by atoms with Crippen LogP contribution in [0.25, 0.3) is 0 Å². The fraction of sp³-hybridized carbons (Fsp3) is 0.923. The van der Waals surface area contributed by atoms with Crippen LogP contribution in [0.2, 0.25) is 0 Å². The Labute approximate surface area is 105 Å². The summed E-state index contributed by atoms with van der Waals surface area (Å²) < 4.78 is 0. The Hall–Kier alpha value is -0.930. The molecule has 1 heterocycles. The van der Waals surface area contributed by atoms with Crippen molar-refractivity contribution in [1.82, 2.24) is 20.2 Å². The molecule has 0 bridgehead atoms. The van der Waals surface area contributed by atoms with Gasteiger partial charge in [0, 0.05) is 6.42 Å². The number of hydrogen-bond acceptors (Lipinski definition) is 3. The first-order valence-corrected chi connectivity index (χ1v) is 7.06. The van der Waals surface area contributed by atoms with Crippen molar-refractivity contribution >= 4 is 0 Å². The van der Waals surface area contributed by atoms with Gasteiger partial charge in [0.15, 0.2) is 5.82 Å². The molecule has 1 atom stereocenters. The van der Waals surface area contributed by atoms with Gasteiger partial charge in [0.25, 0.3) is 0 Å². The van der Waals surface area contributed by atoms with Crippen molar-refractivity contribution in [3.63, 3.8) is 0 Å². The van der Waals surface area contributed by atoms with Crippen molar-refractivity contribution < 1.29 is 0 Å². The molecule has 0 amide bonds. The van der Waals surface area contributed by atoms with E-state index in [9.17, 15) is 0 Å². The van der Waals surface area contributed by atoms with Gasteiger partial charge in [-0.2, -0.15) is 4.80 Å². The lowest BCUT2D eigenvalue weighted by Gasteiger charge is -2.08. The highest BCUT2D eigenvalue weighted by molar-refractivity contribution is 4.76. The molecule has 0 aliphatic carbocycles. The van der Waals surface area contributed by atoms with E-state index in [0.717, 1.165) is 25.1 Å². The van der Waals surface area contributed by atoms with E-state index in [2.05, 4.69) is 36.2 Å². The van der Waals surface area contributed by atoms with Crippen LogP contribution in [0, 0.1) is 0 Å². The Balaban J connectivity index is 2.23. The lowest BCUT2D eigenvalue weighted by Crippen LogP contribution is -2.09. The lowest BCUT2D eigenvalue weighted by molar-refractivity contribution is 0.384. The quantitative estimate of drug-likeness (QED) is 0.618. The highest BCUT2D eigenvalue weighted by Crippen LogP contribution is 2.14. The van der Waals surface area contributed by atoms with Gasteiger partial charge in [-0.1, -0.05) is 46.0 Å². The van der Waals surface area contributed by atoms with Gasteiger partial charge < -0.3 is 0 Å². The van der Waals surface area contributed by atoms with Gasteiger partial charge >= 0.3 is 0 Å².